The van der Waals surface area contributed by atoms with Gasteiger partial charge in [-0.25, -0.2) is 13.4 Å². The topological polar surface area (TPSA) is 79.4 Å². The number of amides is 1. The molecule has 0 atom stereocenters. The predicted octanol–water partition coefficient (Wildman–Crippen LogP) is 5.36. The number of carbonyl (C=O) groups excluding carboxylic acids is 1. The van der Waals surface area contributed by atoms with E-state index in [1.807, 2.05) is 6.26 Å². The Labute approximate surface area is 199 Å². The van der Waals surface area contributed by atoms with Gasteiger partial charge >= 0.3 is 0 Å². The van der Waals surface area contributed by atoms with Gasteiger partial charge in [-0.05, 0) is 55.5 Å². The normalized spacial score (nSPS) is 16.0. The highest BCUT2D eigenvalue weighted by atomic mass is 35.5. The van der Waals surface area contributed by atoms with Gasteiger partial charge in [0, 0.05) is 23.9 Å². The predicted molar refractivity (Wildman–Crippen MR) is 128 cm³/mol. The smallest absolute Gasteiger partial charge is 0.243 e. The highest BCUT2D eigenvalue weighted by molar-refractivity contribution is 7.98. The average Bonchev–Trinajstić information content (AvgIpc) is 3.21. The summed E-state index contributed by atoms with van der Waals surface area (Å²) in [7, 11) is -3.57. The first-order valence-electron chi connectivity index (χ1n) is 9.49. The summed E-state index contributed by atoms with van der Waals surface area (Å²) >= 11 is 15.2. The number of anilines is 1. The zero-order chi connectivity index (χ0) is 22.2. The molecule has 2 aromatic carbocycles. The van der Waals surface area contributed by atoms with Crippen LogP contribution in [0.4, 0.5) is 5.13 Å². The number of benzene rings is 2. The quantitative estimate of drug-likeness (QED) is 0.462. The van der Waals surface area contributed by atoms with Crippen LogP contribution in [0.2, 0.25) is 10.0 Å². The van der Waals surface area contributed by atoms with Crippen LogP contribution in [-0.4, -0.2) is 43.0 Å². The zero-order valence-electron chi connectivity index (χ0n) is 16.5. The molecule has 1 fully saturated rings. The van der Waals surface area contributed by atoms with Crippen molar-refractivity contribution in [2.45, 2.75) is 22.6 Å². The van der Waals surface area contributed by atoms with Gasteiger partial charge in [-0.15, -0.1) is 11.8 Å². The van der Waals surface area contributed by atoms with E-state index >= 15 is 0 Å². The van der Waals surface area contributed by atoms with Gasteiger partial charge < -0.3 is 5.32 Å². The van der Waals surface area contributed by atoms with E-state index in [1.54, 1.807) is 48.2 Å². The van der Waals surface area contributed by atoms with Crippen LogP contribution in [0.5, 0.6) is 0 Å². The lowest BCUT2D eigenvalue weighted by atomic mass is 9.97. The number of aromatic nitrogens is 1. The Bertz CT molecular complexity index is 1180. The molecule has 3 aromatic rings. The third-order valence-corrected chi connectivity index (χ3v) is 9.59. The minimum Gasteiger partial charge on any atom is -0.302 e. The minimum absolute atomic E-state index is 0.173. The number of rotatable bonds is 5. The molecule has 1 N–H and O–H groups in total. The Hall–Kier alpha value is -1.36. The number of hydrogen-bond acceptors (Lipinski definition) is 6. The molecule has 164 valence electrons. The third kappa shape index (κ3) is 4.72. The molecule has 0 bridgehead atoms. The summed E-state index contributed by atoms with van der Waals surface area (Å²) in [5, 5.41) is 4.27. The highest BCUT2D eigenvalue weighted by Crippen LogP contribution is 2.36. The number of carbonyl (C=O) groups is 1. The van der Waals surface area contributed by atoms with E-state index in [1.165, 1.54) is 15.6 Å². The summed E-state index contributed by atoms with van der Waals surface area (Å²) in [6.45, 7) is 0.588. The summed E-state index contributed by atoms with van der Waals surface area (Å²) in [5.41, 5.74) is 0.558. The lowest BCUT2D eigenvalue weighted by Gasteiger charge is -2.30. The monoisotopic (exact) mass is 515 g/mol. The van der Waals surface area contributed by atoms with Crippen molar-refractivity contribution < 1.29 is 13.2 Å². The van der Waals surface area contributed by atoms with Crippen molar-refractivity contribution in [3.63, 3.8) is 0 Å². The second-order valence-corrected chi connectivity index (χ2v) is 11.7. The summed E-state index contributed by atoms with van der Waals surface area (Å²) in [5.74, 6) is -0.462. The Morgan fingerprint density at radius 1 is 1.13 bits per heavy atom. The summed E-state index contributed by atoms with van der Waals surface area (Å²) in [4.78, 5) is 18.4. The van der Waals surface area contributed by atoms with Crippen LogP contribution in [0, 0.1) is 5.92 Å². The molecule has 0 aliphatic carbocycles. The number of nitrogens with one attached hydrogen (secondary N) is 1. The molecule has 1 aromatic heterocycles. The maximum atomic E-state index is 12.9. The van der Waals surface area contributed by atoms with Crippen molar-refractivity contribution in [1.29, 1.82) is 0 Å². The van der Waals surface area contributed by atoms with E-state index in [4.69, 9.17) is 23.2 Å². The number of piperidine rings is 1. The lowest BCUT2D eigenvalue weighted by Crippen LogP contribution is -2.41. The summed E-state index contributed by atoms with van der Waals surface area (Å²) < 4.78 is 28.0. The number of thiazole rings is 1. The van der Waals surface area contributed by atoms with Crippen molar-refractivity contribution in [2.24, 2.45) is 5.92 Å². The lowest BCUT2D eigenvalue weighted by molar-refractivity contribution is -0.120. The van der Waals surface area contributed by atoms with Crippen LogP contribution < -0.4 is 5.32 Å². The first-order chi connectivity index (χ1) is 14.8. The molecule has 1 aliphatic rings. The third-order valence-electron chi connectivity index (χ3n) is 5.20. The van der Waals surface area contributed by atoms with Crippen LogP contribution in [0.15, 0.2) is 46.2 Å². The molecular weight excluding hydrogens is 497 g/mol. The van der Waals surface area contributed by atoms with Crippen LogP contribution in [0.25, 0.3) is 10.2 Å². The Kier molecular flexibility index (Phi) is 6.81. The van der Waals surface area contributed by atoms with Crippen molar-refractivity contribution in [1.82, 2.24) is 9.29 Å². The van der Waals surface area contributed by atoms with Crippen molar-refractivity contribution >= 4 is 77.6 Å². The maximum Gasteiger partial charge on any atom is 0.243 e. The van der Waals surface area contributed by atoms with Gasteiger partial charge in [0.05, 0.1) is 19.6 Å². The van der Waals surface area contributed by atoms with Gasteiger partial charge in [-0.3, -0.25) is 4.79 Å². The standard InChI is InChI=1S/C20H19Cl2N3O3S3/c1-29-13-2-4-14(5-3-13)31(27,28)25-10-8-12(9-11-25)19(26)24-20-23-17-15(21)6-7-16(22)18(17)30-20/h2-7,12H,8-11H2,1H3,(H,23,24,26). The van der Waals surface area contributed by atoms with Crippen LogP contribution in [0.3, 0.4) is 0 Å². The largest absolute Gasteiger partial charge is 0.302 e. The second kappa shape index (κ2) is 9.25. The van der Waals surface area contributed by atoms with Crippen LogP contribution >= 0.6 is 46.3 Å². The molecule has 1 aliphatic heterocycles. The van der Waals surface area contributed by atoms with Crippen molar-refractivity contribution in [3.8, 4) is 0 Å². The Morgan fingerprint density at radius 2 is 1.77 bits per heavy atom. The summed E-state index contributed by atoms with van der Waals surface area (Å²) in [6, 6.07) is 10.2. The molecule has 1 amide bonds. The zero-order valence-corrected chi connectivity index (χ0v) is 20.4. The minimum atomic E-state index is -3.57. The van der Waals surface area contributed by atoms with Crippen LogP contribution in [-0.2, 0) is 14.8 Å². The molecule has 2 heterocycles. The molecule has 31 heavy (non-hydrogen) atoms. The van der Waals surface area contributed by atoms with Gasteiger partial charge in [0.25, 0.3) is 0 Å². The molecule has 1 saturated heterocycles. The molecule has 0 unspecified atom stereocenters. The number of halogens is 2. The van der Waals surface area contributed by atoms with E-state index in [2.05, 4.69) is 10.3 Å². The first kappa shape index (κ1) is 22.8. The highest BCUT2D eigenvalue weighted by Gasteiger charge is 2.32. The molecular formula is C20H19Cl2N3O3S3. The molecule has 0 saturated carbocycles. The summed E-state index contributed by atoms with van der Waals surface area (Å²) in [6.07, 6.45) is 2.83. The van der Waals surface area contributed by atoms with Gasteiger partial charge in [0.2, 0.25) is 15.9 Å². The fourth-order valence-electron chi connectivity index (χ4n) is 3.46. The number of fused-ring (bicyclic) bond motifs is 1. The van der Waals surface area contributed by atoms with Crippen LogP contribution in [0.1, 0.15) is 12.8 Å². The molecule has 11 heteroatoms. The van der Waals surface area contributed by atoms with E-state index in [-0.39, 0.29) is 16.7 Å². The van der Waals surface area contributed by atoms with E-state index in [0.717, 1.165) is 9.60 Å². The van der Waals surface area contributed by atoms with E-state index in [0.29, 0.717) is 46.6 Å². The SMILES string of the molecule is CSc1ccc(S(=O)(=O)N2CCC(C(=O)Nc3nc4c(Cl)ccc(Cl)c4s3)CC2)cc1. The van der Waals surface area contributed by atoms with E-state index < -0.39 is 10.0 Å². The maximum absolute atomic E-state index is 12.9. The number of sulfonamides is 1. The average molecular weight is 516 g/mol. The fourth-order valence-corrected chi connectivity index (χ4v) is 6.76. The Balaban J connectivity index is 1.41. The Morgan fingerprint density at radius 3 is 2.39 bits per heavy atom. The van der Waals surface area contributed by atoms with Gasteiger partial charge in [0.15, 0.2) is 5.13 Å². The molecule has 6 nitrogen and oxygen atoms in total. The number of hydrogen-bond donors (Lipinski definition) is 1. The van der Waals surface area contributed by atoms with Crippen molar-refractivity contribution in [3.05, 3.63) is 46.4 Å². The van der Waals surface area contributed by atoms with Gasteiger partial charge in [-0.2, -0.15) is 4.31 Å². The molecule has 0 spiro atoms. The number of nitrogens with zero attached hydrogens (tertiary/aromatic N) is 2. The van der Waals surface area contributed by atoms with Gasteiger partial charge in [0.1, 0.15) is 5.52 Å². The first-order valence-corrected chi connectivity index (χ1v) is 13.7. The van der Waals surface area contributed by atoms with Gasteiger partial charge in [-0.1, -0.05) is 34.5 Å². The molecule has 0 radical (unpaired) electrons. The second-order valence-electron chi connectivity index (χ2n) is 7.07. The molecule has 4 rings (SSSR count). The van der Waals surface area contributed by atoms with Crippen molar-refractivity contribution in [2.75, 3.05) is 24.7 Å². The number of thioether (sulfide) groups is 1. The van der Waals surface area contributed by atoms with E-state index in [9.17, 15) is 13.2 Å². The fraction of sp³-hybridized carbons (Fsp3) is 0.300.